The second-order valence-electron chi connectivity index (χ2n) is 4.41. The first-order chi connectivity index (χ1) is 8.61. The SMILES string of the molecule is O=C(c1cc(Br)cnc1Cl)N1CCC(CO)CC1. The summed E-state index contributed by atoms with van der Waals surface area (Å²) in [6.07, 6.45) is 3.24. The van der Waals surface area contributed by atoms with E-state index in [1.54, 1.807) is 17.2 Å². The summed E-state index contributed by atoms with van der Waals surface area (Å²) in [5.74, 6) is 0.218. The van der Waals surface area contributed by atoms with Crippen LogP contribution in [0.3, 0.4) is 0 Å². The fraction of sp³-hybridized carbons (Fsp3) is 0.500. The molecule has 0 atom stereocenters. The Hall–Kier alpha value is -0.650. The van der Waals surface area contributed by atoms with Gasteiger partial charge < -0.3 is 10.0 Å². The maximum Gasteiger partial charge on any atom is 0.257 e. The van der Waals surface area contributed by atoms with Gasteiger partial charge in [0.1, 0.15) is 5.15 Å². The lowest BCUT2D eigenvalue weighted by Gasteiger charge is -2.31. The van der Waals surface area contributed by atoms with E-state index >= 15 is 0 Å². The van der Waals surface area contributed by atoms with Gasteiger partial charge in [-0.15, -0.1) is 0 Å². The third kappa shape index (κ3) is 3.02. The Bertz CT molecular complexity index is 448. The van der Waals surface area contributed by atoms with Crippen LogP contribution < -0.4 is 0 Å². The number of rotatable bonds is 2. The Labute approximate surface area is 119 Å². The van der Waals surface area contributed by atoms with Gasteiger partial charge >= 0.3 is 0 Å². The zero-order valence-electron chi connectivity index (χ0n) is 9.77. The number of hydrogen-bond acceptors (Lipinski definition) is 3. The van der Waals surface area contributed by atoms with Crippen molar-refractivity contribution in [2.75, 3.05) is 19.7 Å². The highest BCUT2D eigenvalue weighted by molar-refractivity contribution is 9.10. The second-order valence-corrected chi connectivity index (χ2v) is 5.68. The van der Waals surface area contributed by atoms with E-state index in [1.165, 1.54) is 0 Å². The molecule has 1 aliphatic heterocycles. The molecule has 1 amide bonds. The lowest BCUT2D eigenvalue weighted by Crippen LogP contribution is -2.39. The van der Waals surface area contributed by atoms with Crippen LogP contribution in [0, 0.1) is 5.92 Å². The Balaban J connectivity index is 2.10. The van der Waals surface area contributed by atoms with Crippen molar-refractivity contribution >= 4 is 33.4 Å². The average molecular weight is 334 g/mol. The van der Waals surface area contributed by atoms with Crippen LogP contribution in [-0.4, -0.2) is 40.6 Å². The zero-order valence-corrected chi connectivity index (χ0v) is 12.1. The third-order valence-corrected chi connectivity index (χ3v) is 3.93. The fourth-order valence-electron chi connectivity index (χ4n) is 2.06. The van der Waals surface area contributed by atoms with Gasteiger partial charge in [0.05, 0.1) is 5.56 Å². The van der Waals surface area contributed by atoms with Gasteiger partial charge in [0.2, 0.25) is 0 Å². The first-order valence-corrected chi connectivity index (χ1v) is 7.00. The summed E-state index contributed by atoms with van der Waals surface area (Å²) in [5.41, 5.74) is 0.425. The summed E-state index contributed by atoms with van der Waals surface area (Å²) in [6, 6.07) is 1.69. The summed E-state index contributed by atoms with van der Waals surface area (Å²) in [5, 5.41) is 9.30. The van der Waals surface area contributed by atoms with Crippen molar-refractivity contribution in [3.05, 3.63) is 27.5 Å². The molecule has 0 aliphatic carbocycles. The number of pyridine rings is 1. The predicted molar refractivity (Wildman–Crippen MR) is 72.7 cm³/mol. The highest BCUT2D eigenvalue weighted by atomic mass is 79.9. The minimum absolute atomic E-state index is 0.0924. The second kappa shape index (κ2) is 5.99. The summed E-state index contributed by atoms with van der Waals surface area (Å²) in [4.78, 5) is 18.0. The van der Waals surface area contributed by atoms with Crippen LogP contribution in [0.2, 0.25) is 5.15 Å². The van der Waals surface area contributed by atoms with Crippen LogP contribution in [0.25, 0.3) is 0 Å². The van der Waals surface area contributed by atoms with E-state index < -0.39 is 0 Å². The van der Waals surface area contributed by atoms with Crippen LogP contribution in [0.4, 0.5) is 0 Å². The van der Waals surface area contributed by atoms with Gasteiger partial charge in [-0.3, -0.25) is 4.79 Å². The van der Waals surface area contributed by atoms with E-state index in [0.717, 1.165) is 17.3 Å². The first kappa shape index (κ1) is 13.8. The molecule has 1 N–H and O–H groups in total. The Morgan fingerprint density at radius 3 is 2.83 bits per heavy atom. The normalized spacial score (nSPS) is 16.9. The molecule has 4 nitrogen and oxygen atoms in total. The van der Waals surface area contributed by atoms with Crippen molar-refractivity contribution in [2.45, 2.75) is 12.8 Å². The molecule has 1 aromatic heterocycles. The molecule has 0 aromatic carbocycles. The molecule has 0 spiro atoms. The van der Waals surface area contributed by atoms with Gasteiger partial charge in [0, 0.05) is 30.4 Å². The third-order valence-electron chi connectivity index (χ3n) is 3.20. The minimum Gasteiger partial charge on any atom is -0.396 e. The van der Waals surface area contributed by atoms with Crippen molar-refractivity contribution in [3.8, 4) is 0 Å². The monoisotopic (exact) mass is 332 g/mol. The standard InChI is InChI=1S/C12H14BrClN2O2/c13-9-5-10(11(14)15-6-9)12(18)16-3-1-8(7-17)2-4-16/h5-6,8,17H,1-4,7H2. The first-order valence-electron chi connectivity index (χ1n) is 5.83. The maximum atomic E-state index is 12.3. The summed E-state index contributed by atoms with van der Waals surface area (Å²) < 4.78 is 0.737. The smallest absolute Gasteiger partial charge is 0.257 e. The number of piperidine rings is 1. The Morgan fingerprint density at radius 1 is 1.56 bits per heavy atom. The van der Waals surface area contributed by atoms with Crippen LogP contribution in [0.1, 0.15) is 23.2 Å². The molecular formula is C12H14BrClN2O2. The molecule has 6 heteroatoms. The topological polar surface area (TPSA) is 53.4 Å². The van der Waals surface area contributed by atoms with Gasteiger partial charge in [0.15, 0.2) is 0 Å². The van der Waals surface area contributed by atoms with Crippen molar-refractivity contribution < 1.29 is 9.90 Å². The lowest BCUT2D eigenvalue weighted by atomic mass is 9.97. The molecule has 2 heterocycles. The van der Waals surface area contributed by atoms with E-state index in [2.05, 4.69) is 20.9 Å². The van der Waals surface area contributed by atoms with Gasteiger partial charge in [-0.25, -0.2) is 4.98 Å². The van der Waals surface area contributed by atoms with E-state index in [-0.39, 0.29) is 17.7 Å². The van der Waals surface area contributed by atoms with E-state index in [9.17, 15) is 4.79 Å². The number of likely N-dealkylation sites (tertiary alicyclic amines) is 1. The molecule has 0 bridgehead atoms. The number of halogens is 2. The summed E-state index contributed by atoms with van der Waals surface area (Å²) >= 11 is 9.23. The minimum atomic E-state index is -0.0924. The fourth-order valence-corrected chi connectivity index (χ4v) is 2.58. The van der Waals surface area contributed by atoms with Gasteiger partial charge in [-0.1, -0.05) is 11.6 Å². The number of aliphatic hydroxyl groups excluding tert-OH is 1. The number of carbonyl (C=O) groups is 1. The molecule has 0 saturated carbocycles. The average Bonchev–Trinajstić information content (AvgIpc) is 2.41. The van der Waals surface area contributed by atoms with Gasteiger partial charge in [0.25, 0.3) is 5.91 Å². The van der Waals surface area contributed by atoms with Gasteiger partial charge in [-0.2, -0.15) is 0 Å². The number of aromatic nitrogens is 1. The number of amides is 1. The largest absolute Gasteiger partial charge is 0.396 e. The molecular weight excluding hydrogens is 320 g/mol. The van der Waals surface area contributed by atoms with Crippen molar-refractivity contribution in [2.24, 2.45) is 5.92 Å². The van der Waals surface area contributed by atoms with Crippen molar-refractivity contribution in [1.29, 1.82) is 0 Å². The van der Waals surface area contributed by atoms with Crippen molar-refractivity contribution in [3.63, 3.8) is 0 Å². The number of carbonyl (C=O) groups excluding carboxylic acids is 1. The highest BCUT2D eigenvalue weighted by Gasteiger charge is 2.24. The van der Waals surface area contributed by atoms with Crippen LogP contribution in [0.15, 0.2) is 16.7 Å². The molecule has 1 fully saturated rings. The van der Waals surface area contributed by atoms with Crippen LogP contribution in [-0.2, 0) is 0 Å². The number of aliphatic hydroxyl groups is 1. The van der Waals surface area contributed by atoms with Crippen LogP contribution >= 0.6 is 27.5 Å². The molecule has 1 aromatic rings. The van der Waals surface area contributed by atoms with E-state index in [1.807, 2.05) is 0 Å². The van der Waals surface area contributed by atoms with E-state index in [0.29, 0.717) is 24.6 Å². The summed E-state index contributed by atoms with van der Waals surface area (Å²) in [6.45, 7) is 1.51. The number of nitrogens with zero attached hydrogens (tertiary/aromatic N) is 2. The Morgan fingerprint density at radius 2 is 2.22 bits per heavy atom. The zero-order chi connectivity index (χ0) is 13.1. The summed E-state index contributed by atoms with van der Waals surface area (Å²) in [7, 11) is 0. The molecule has 1 aliphatic rings. The quantitative estimate of drug-likeness (QED) is 0.845. The molecule has 1 saturated heterocycles. The van der Waals surface area contributed by atoms with Crippen molar-refractivity contribution in [1.82, 2.24) is 9.88 Å². The molecule has 98 valence electrons. The van der Waals surface area contributed by atoms with E-state index in [4.69, 9.17) is 16.7 Å². The maximum absolute atomic E-state index is 12.3. The molecule has 18 heavy (non-hydrogen) atoms. The van der Waals surface area contributed by atoms with Crippen LogP contribution in [0.5, 0.6) is 0 Å². The molecule has 0 radical (unpaired) electrons. The predicted octanol–water partition coefficient (Wildman–Crippen LogP) is 2.34. The molecule has 0 unspecified atom stereocenters. The lowest BCUT2D eigenvalue weighted by molar-refractivity contribution is 0.0650. The van der Waals surface area contributed by atoms with Gasteiger partial charge in [-0.05, 0) is 40.8 Å². The highest BCUT2D eigenvalue weighted by Crippen LogP contribution is 2.23. The Kier molecular flexibility index (Phi) is 4.59. The number of hydrogen-bond donors (Lipinski definition) is 1. The molecule has 2 rings (SSSR count).